The Morgan fingerprint density at radius 1 is 0.850 bits per heavy atom. The van der Waals surface area contributed by atoms with E-state index in [-0.39, 0.29) is 11.9 Å². The molecule has 0 bridgehead atoms. The van der Waals surface area contributed by atoms with E-state index in [0.29, 0.717) is 26.1 Å². The summed E-state index contributed by atoms with van der Waals surface area (Å²) >= 11 is 0. The Kier molecular flexibility index (Phi) is 9.66. The summed E-state index contributed by atoms with van der Waals surface area (Å²) in [6, 6.07) is 0. The highest BCUT2D eigenvalue weighted by Crippen LogP contribution is 1.98. The summed E-state index contributed by atoms with van der Waals surface area (Å²) in [5, 5.41) is 0. The molecule has 0 aromatic carbocycles. The molecule has 4 heteroatoms. The van der Waals surface area contributed by atoms with Crippen LogP contribution in [0.5, 0.6) is 0 Å². The van der Waals surface area contributed by atoms with Crippen molar-refractivity contribution < 1.29 is 19.1 Å². The molecule has 110 valence electrons. The van der Waals surface area contributed by atoms with Gasteiger partial charge in [0.2, 0.25) is 0 Å². The van der Waals surface area contributed by atoms with Gasteiger partial charge in [0.25, 0.3) is 0 Å². The summed E-state index contributed by atoms with van der Waals surface area (Å²) in [6.07, 6.45) is 7.22. The molecule has 0 N–H and O–H groups in total. The second-order valence-electron chi connectivity index (χ2n) is 4.23. The minimum atomic E-state index is -0.385. The molecule has 0 aliphatic rings. The lowest BCUT2D eigenvalue weighted by atomic mass is 10.3. The molecule has 0 aromatic heterocycles. The summed E-state index contributed by atoms with van der Waals surface area (Å²) in [5.41, 5.74) is 1.52. The molecule has 0 saturated carbocycles. The highest BCUT2D eigenvalue weighted by atomic mass is 16.5. The molecule has 0 aliphatic heterocycles. The van der Waals surface area contributed by atoms with Gasteiger partial charge in [-0.1, -0.05) is 25.3 Å². The molecule has 0 heterocycles. The van der Waals surface area contributed by atoms with Gasteiger partial charge in [-0.25, -0.2) is 9.59 Å². The highest BCUT2D eigenvalue weighted by molar-refractivity contribution is 5.83. The van der Waals surface area contributed by atoms with E-state index in [1.54, 1.807) is 26.0 Å². The van der Waals surface area contributed by atoms with Crippen LogP contribution < -0.4 is 0 Å². The zero-order valence-electron chi connectivity index (χ0n) is 12.2. The molecule has 0 fully saturated rings. The van der Waals surface area contributed by atoms with Crippen molar-refractivity contribution in [2.24, 2.45) is 0 Å². The Hall–Kier alpha value is -2.10. The quantitative estimate of drug-likeness (QED) is 0.281. The Labute approximate surface area is 120 Å². The third-order valence-electron chi connectivity index (χ3n) is 2.36. The van der Waals surface area contributed by atoms with Gasteiger partial charge >= 0.3 is 11.9 Å². The zero-order chi connectivity index (χ0) is 15.4. The van der Waals surface area contributed by atoms with Gasteiger partial charge in [-0.3, -0.25) is 0 Å². The number of ether oxygens (including phenoxy) is 2. The maximum absolute atomic E-state index is 11.3. The number of hydrogen-bond donors (Lipinski definition) is 0. The van der Waals surface area contributed by atoms with Crippen LogP contribution in [0.2, 0.25) is 0 Å². The maximum Gasteiger partial charge on any atom is 0.331 e. The van der Waals surface area contributed by atoms with Crippen molar-refractivity contribution >= 4 is 11.9 Å². The van der Waals surface area contributed by atoms with Gasteiger partial charge in [0.1, 0.15) is 0 Å². The Balaban J connectivity index is 3.68. The Bertz CT molecular complexity index is 376. The number of carbonyl (C=O) groups excluding carboxylic acids is 2. The lowest BCUT2D eigenvalue weighted by molar-refractivity contribution is -0.140. The van der Waals surface area contributed by atoms with Gasteiger partial charge in [0.05, 0.1) is 13.2 Å². The third-order valence-corrected chi connectivity index (χ3v) is 2.36. The van der Waals surface area contributed by atoms with E-state index < -0.39 is 0 Å². The summed E-state index contributed by atoms with van der Waals surface area (Å²) < 4.78 is 9.95. The number of allylic oxidation sites excluding steroid dienone is 4. The molecule has 0 unspecified atom stereocenters. The molecule has 4 nitrogen and oxygen atoms in total. The minimum Gasteiger partial charge on any atom is -0.463 e. The summed E-state index contributed by atoms with van der Waals surface area (Å²) in [7, 11) is 0. The van der Waals surface area contributed by atoms with Crippen LogP contribution in [0.3, 0.4) is 0 Å². The number of esters is 2. The van der Waals surface area contributed by atoms with Crippen LogP contribution in [0.1, 0.15) is 26.7 Å². The van der Waals surface area contributed by atoms with E-state index in [1.165, 1.54) is 12.2 Å². The van der Waals surface area contributed by atoms with Crippen molar-refractivity contribution in [1.29, 1.82) is 0 Å². The van der Waals surface area contributed by atoms with Crippen molar-refractivity contribution in [1.82, 2.24) is 0 Å². The van der Waals surface area contributed by atoms with Crippen LogP contribution in [-0.4, -0.2) is 25.2 Å². The first-order chi connectivity index (χ1) is 9.49. The van der Waals surface area contributed by atoms with Crippen molar-refractivity contribution in [3.63, 3.8) is 0 Å². The molecule has 0 aromatic rings. The number of hydrogen-bond acceptors (Lipinski definition) is 4. The molecule has 20 heavy (non-hydrogen) atoms. The van der Waals surface area contributed by atoms with Crippen molar-refractivity contribution in [2.45, 2.75) is 26.7 Å². The molecule has 0 amide bonds. The minimum absolute atomic E-state index is 0.304. The summed E-state index contributed by atoms with van der Waals surface area (Å²) in [6.45, 7) is 11.2. The van der Waals surface area contributed by atoms with E-state index in [4.69, 9.17) is 9.47 Å². The summed E-state index contributed by atoms with van der Waals surface area (Å²) in [5.74, 6) is -0.770. The second-order valence-corrected chi connectivity index (χ2v) is 4.23. The fourth-order valence-electron chi connectivity index (χ4n) is 1.12. The highest BCUT2D eigenvalue weighted by Gasteiger charge is 2.00. The maximum atomic E-state index is 11.3. The van der Waals surface area contributed by atoms with E-state index in [0.717, 1.165) is 11.1 Å². The second kappa shape index (κ2) is 10.8. The van der Waals surface area contributed by atoms with Crippen LogP contribution >= 0.6 is 0 Å². The Morgan fingerprint density at radius 2 is 1.20 bits per heavy atom. The zero-order valence-corrected chi connectivity index (χ0v) is 12.2. The molecule has 0 saturated heterocycles. The predicted octanol–water partition coefficient (Wildman–Crippen LogP) is 3.12. The smallest absolute Gasteiger partial charge is 0.331 e. The average Bonchev–Trinajstić information content (AvgIpc) is 2.42. The molecular weight excluding hydrogens is 256 g/mol. The summed E-state index contributed by atoms with van der Waals surface area (Å²) in [4.78, 5) is 22.5. The van der Waals surface area contributed by atoms with Gasteiger partial charge in [0.15, 0.2) is 0 Å². The monoisotopic (exact) mass is 278 g/mol. The lowest BCUT2D eigenvalue weighted by Crippen LogP contribution is -2.06. The van der Waals surface area contributed by atoms with Gasteiger partial charge in [-0.2, -0.15) is 0 Å². The van der Waals surface area contributed by atoms with Crippen molar-refractivity contribution in [3.05, 3.63) is 48.6 Å². The topological polar surface area (TPSA) is 52.6 Å². The standard InChI is InChI=1S/C16H22O4/c1-5-13(3)11-15(17)19-9-7-8-10-20-16(18)12-14(4)6-2/h5-6,11-12H,1-2,7-10H2,3-4H3/b13-11-,14-12-. The van der Waals surface area contributed by atoms with E-state index in [9.17, 15) is 9.59 Å². The van der Waals surface area contributed by atoms with Crippen LogP contribution in [0, 0.1) is 0 Å². The molecule has 0 radical (unpaired) electrons. The first kappa shape index (κ1) is 17.9. The van der Waals surface area contributed by atoms with Crippen molar-refractivity contribution in [3.8, 4) is 0 Å². The number of carbonyl (C=O) groups is 2. The molecule has 0 rings (SSSR count). The predicted molar refractivity (Wildman–Crippen MR) is 79.1 cm³/mol. The van der Waals surface area contributed by atoms with E-state index in [2.05, 4.69) is 13.2 Å². The number of rotatable bonds is 9. The van der Waals surface area contributed by atoms with Crippen LogP contribution in [0.15, 0.2) is 48.6 Å². The van der Waals surface area contributed by atoms with Gasteiger partial charge in [0, 0.05) is 12.2 Å². The largest absolute Gasteiger partial charge is 0.463 e. The van der Waals surface area contributed by atoms with Gasteiger partial charge < -0.3 is 9.47 Å². The molecular formula is C16H22O4. The average molecular weight is 278 g/mol. The van der Waals surface area contributed by atoms with E-state index in [1.807, 2.05) is 0 Å². The first-order valence-corrected chi connectivity index (χ1v) is 6.44. The molecule has 0 spiro atoms. The lowest BCUT2D eigenvalue weighted by Gasteiger charge is -2.03. The molecule has 0 aliphatic carbocycles. The molecule has 0 atom stereocenters. The van der Waals surface area contributed by atoms with Crippen LogP contribution in [-0.2, 0) is 19.1 Å². The fourth-order valence-corrected chi connectivity index (χ4v) is 1.12. The van der Waals surface area contributed by atoms with Crippen molar-refractivity contribution in [2.75, 3.05) is 13.2 Å². The van der Waals surface area contributed by atoms with Gasteiger partial charge in [-0.05, 0) is 37.8 Å². The SMILES string of the molecule is C=C/C(C)=C\C(=O)OCCCCOC(=O)/C=C(/C)C=C. The third kappa shape index (κ3) is 9.88. The van der Waals surface area contributed by atoms with Crippen LogP contribution in [0.25, 0.3) is 0 Å². The Morgan fingerprint density at radius 3 is 1.50 bits per heavy atom. The normalized spacial score (nSPS) is 11.7. The van der Waals surface area contributed by atoms with Gasteiger partial charge in [-0.15, -0.1) is 0 Å². The number of unbranched alkanes of at least 4 members (excludes halogenated alkanes) is 1. The fraction of sp³-hybridized carbons (Fsp3) is 0.375. The van der Waals surface area contributed by atoms with E-state index >= 15 is 0 Å². The van der Waals surface area contributed by atoms with Crippen LogP contribution in [0.4, 0.5) is 0 Å². The first-order valence-electron chi connectivity index (χ1n) is 6.44.